The summed E-state index contributed by atoms with van der Waals surface area (Å²) in [6.45, 7) is 4.71. The molecule has 1 unspecified atom stereocenters. The number of carbonyl (C=O) groups excluding carboxylic acids is 1. The molecular formula is C19H30O4. The lowest BCUT2D eigenvalue weighted by Crippen LogP contribution is -2.20. The van der Waals surface area contributed by atoms with Crippen molar-refractivity contribution in [2.24, 2.45) is 5.92 Å². The van der Waals surface area contributed by atoms with Gasteiger partial charge in [0.25, 0.3) is 0 Å². The van der Waals surface area contributed by atoms with Gasteiger partial charge in [-0.15, -0.1) is 0 Å². The topological polar surface area (TPSA) is 44.8 Å². The molecule has 0 aliphatic carbocycles. The van der Waals surface area contributed by atoms with Crippen LogP contribution in [0.2, 0.25) is 0 Å². The van der Waals surface area contributed by atoms with Crippen molar-refractivity contribution in [2.45, 2.75) is 52.4 Å². The molecule has 0 aromatic heterocycles. The van der Waals surface area contributed by atoms with Crippen molar-refractivity contribution in [1.82, 2.24) is 0 Å². The molecule has 0 aliphatic heterocycles. The van der Waals surface area contributed by atoms with Crippen molar-refractivity contribution in [1.29, 1.82) is 0 Å². The molecule has 0 N–H and O–H groups in total. The van der Waals surface area contributed by atoms with Crippen LogP contribution in [-0.2, 0) is 16.0 Å². The fourth-order valence-corrected chi connectivity index (χ4v) is 2.48. The molecule has 130 valence electrons. The fourth-order valence-electron chi connectivity index (χ4n) is 2.48. The van der Waals surface area contributed by atoms with E-state index in [1.54, 1.807) is 14.2 Å². The Morgan fingerprint density at radius 1 is 1.00 bits per heavy atom. The van der Waals surface area contributed by atoms with Crippen molar-refractivity contribution < 1.29 is 19.0 Å². The van der Waals surface area contributed by atoms with E-state index in [9.17, 15) is 4.79 Å². The molecule has 1 aromatic rings. The normalized spacial score (nSPS) is 11.8. The summed E-state index contributed by atoms with van der Waals surface area (Å²) in [4.78, 5) is 12.2. The van der Waals surface area contributed by atoms with Crippen LogP contribution in [0.4, 0.5) is 0 Å². The van der Waals surface area contributed by atoms with E-state index < -0.39 is 0 Å². The van der Waals surface area contributed by atoms with Gasteiger partial charge in [-0.05, 0) is 37.0 Å². The van der Waals surface area contributed by atoms with Crippen LogP contribution in [0.1, 0.15) is 51.5 Å². The lowest BCUT2D eigenvalue weighted by atomic mass is 9.96. The highest BCUT2D eigenvalue weighted by molar-refractivity contribution is 5.72. The Labute approximate surface area is 140 Å². The monoisotopic (exact) mass is 322 g/mol. The minimum atomic E-state index is -0.127. The van der Waals surface area contributed by atoms with Crippen molar-refractivity contribution in [3.05, 3.63) is 23.8 Å². The van der Waals surface area contributed by atoms with Gasteiger partial charge in [0.05, 0.1) is 26.7 Å². The van der Waals surface area contributed by atoms with Crippen molar-refractivity contribution in [3.63, 3.8) is 0 Å². The molecule has 0 saturated carbocycles. The molecule has 0 saturated heterocycles. The first kappa shape index (κ1) is 19.3. The Bertz CT molecular complexity index is 448. The van der Waals surface area contributed by atoms with Crippen molar-refractivity contribution in [2.75, 3.05) is 20.8 Å². The van der Waals surface area contributed by atoms with E-state index in [-0.39, 0.29) is 11.9 Å². The molecule has 4 nitrogen and oxygen atoms in total. The zero-order valence-electron chi connectivity index (χ0n) is 14.9. The third-order valence-electron chi connectivity index (χ3n) is 3.96. The van der Waals surface area contributed by atoms with Crippen LogP contribution < -0.4 is 9.47 Å². The van der Waals surface area contributed by atoms with E-state index >= 15 is 0 Å². The number of unbranched alkanes of at least 4 members (excludes halogenated alkanes) is 3. The summed E-state index contributed by atoms with van der Waals surface area (Å²) < 4.78 is 16.0. The summed E-state index contributed by atoms with van der Waals surface area (Å²) in [6, 6.07) is 5.72. The number of rotatable bonds is 11. The number of hydrogen-bond acceptors (Lipinski definition) is 4. The summed E-state index contributed by atoms with van der Waals surface area (Å²) in [7, 11) is 3.25. The molecule has 0 amide bonds. The molecule has 1 rings (SSSR count). The smallest absolute Gasteiger partial charge is 0.309 e. The molecule has 0 radical (unpaired) electrons. The van der Waals surface area contributed by atoms with Crippen LogP contribution in [0.5, 0.6) is 11.5 Å². The Hall–Kier alpha value is -1.71. The van der Waals surface area contributed by atoms with Crippen molar-refractivity contribution in [3.8, 4) is 11.5 Å². The summed E-state index contributed by atoms with van der Waals surface area (Å²) in [6.07, 6.45) is 5.84. The standard InChI is InChI=1S/C19H30O4/c1-5-7-8-9-10-23-19(20)16(6-2)11-15-12-17(21-3)14-18(13-15)22-4/h12-14,16H,5-11H2,1-4H3. The average Bonchev–Trinajstić information content (AvgIpc) is 2.58. The van der Waals surface area contributed by atoms with Gasteiger partial charge in [-0.25, -0.2) is 0 Å². The Morgan fingerprint density at radius 3 is 2.17 bits per heavy atom. The second-order valence-electron chi connectivity index (χ2n) is 5.76. The molecule has 1 aromatic carbocycles. The van der Waals surface area contributed by atoms with Gasteiger partial charge in [-0.3, -0.25) is 4.79 Å². The highest BCUT2D eigenvalue weighted by atomic mass is 16.5. The van der Waals surface area contributed by atoms with Crippen LogP contribution >= 0.6 is 0 Å². The minimum absolute atomic E-state index is 0.106. The predicted octanol–water partition coefficient (Wildman–Crippen LogP) is 4.40. The fraction of sp³-hybridized carbons (Fsp3) is 0.632. The lowest BCUT2D eigenvalue weighted by molar-refractivity contribution is -0.148. The molecule has 0 aliphatic rings. The Morgan fingerprint density at radius 2 is 1.65 bits per heavy atom. The SMILES string of the molecule is CCCCCCOC(=O)C(CC)Cc1cc(OC)cc(OC)c1. The van der Waals surface area contributed by atoms with Gasteiger partial charge in [-0.2, -0.15) is 0 Å². The van der Waals surface area contributed by atoms with Gasteiger partial charge >= 0.3 is 5.97 Å². The van der Waals surface area contributed by atoms with Crippen molar-refractivity contribution >= 4 is 5.97 Å². The van der Waals surface area contributed by atoms with Gasteiger partial charge in [0, 0.05) is 6.07 Å². The third-order valence-corrected chi connectivity index (χ3v) is 3.96. The maximum Gasteiger partial charge on any atom is 0.309 e. The van der Waals surface area contributed by atoms with Gasteiger partial charge in [-0.1, -0.05) is 33.1 Å². The summed E-state index contributed by atoms with van der Waals surface area (Å²) in [5.41, 5.74) is 1.02. The largest absolute Gasteiger partial charge is 0.497 e. The molecule has 1 atom stereocenters. The van der Waals surface area contributed by atoms with E-state index in [4.69, 9.17) is 14.2 Å². The first-order valence-electron chi connectivity index (χ1n) is 8.53. The molecule has 0 heterocycles. The van der Waals surface area contributed by atoms with Gasteiger partial charge < -0.3 is 14.2 Å². The number of methoxy groups -OCH3 is 2. The molecule has 0 spiro atoms. The van der Waals surface area contributed by atoms with Crippen LogP contribution in [-0.4, -0.2) is 26.8 Å². The zero-order chi connectivity index (χ0) is 17.1. The molecule has 0 fully saturated rings. The van der Waals surface area contributed by atoms with Crippen LogP contribution in [0.25, 0.3) is 0 Å². The van der Waals surface area contributed by atoms with E-state index in [0.29, 0.717) is 13.0 Å². The highest BCUT2D eigenvalue weighted by Crippen LogP contribution is 2.25. The van der Waals surface area contributed by atoms with Gasteiger partial charge in [0.2, 0.25) is 0 Å². The zero-order valence-corrected chi connectivity index (χ0v) is 14.9. The summed E-state index contributed by atoms with van der Waals surface area (Å²) in [5, 5.41) is 0. The number of ether oxygens (including phenoxy) is 3. The van der Waals surface area contributed by atoms with E-state index in [1.807, 2.05) is 25.1 Å². The first-order valence-corrected chi connectivity index (χ1v) is 8.53. The lowest BCUT2D eigenvalue weighted by Gasteiger charge is -2.15. The molecular weight excluding hydrogens is 292 g/mol. The quantitative estimate of drug-likeness (QED) is 0.447. The number of benzene rings is 1. The third kappa shape index (κ3) is 6.93. The summed E-state index contributed by atoms with van der Waals surface area (Å²) in [5.74, 6) is 1.24. The second kappa shape index (κ2) is 10.9. The maximum atomic E-state index is 12.2. The highest BCUT2D eigenvalue weighted by Gasteiger charge is 2.19. The number of esters is 1. The van der Waals surface area contributed by atoms with E-state index in [1.165, 1.54) is 12.8 Å². The van der Waals surface area contributed by atoms with Gasteiger partial charge in [0.15, 0.2) is 0 Å². The number of carbonyl (C=O) groups is 1. The minimum Gasteiger partial charge on any atom is -0.497 e. The number of hydrogen-bond donors (Lipinski definition) is 0. The summed E-state index contributed by atoms with van der Waals surface area (Å²) >= 11 is 0. The Kier molecular flexibility index (Phi) is 9.18. The van der Waals surface area contributed by atoms with Crippen LogP contribution in [0, 0.1) is 5.92 Å². The first-order chi connectivity index (χ1) is 11.1. The van der Waals surface area contributed by atoms with E-state index in [0.717, 1.165) is 36.3 Å². The maximum absolute atomic E-state index is 12.2. The van der Waals surface area contributed by atoms with Gasteiger partial charge in [0.1, 0.15) is 11.5 Å². The molecule has 0 bridgehead atoms. The predicted molar refractivity (Wildman–Crippen MR) is 92.1 cm³/mol. The van der Waals surface area contributed by atoms with Crippen LogP contribution in [0.3, 0.4) is 0 Å². The Balaban J connectivity index is 2.59. The average molecular weight is 322 g/mol. The molecule has 4 heteroatoms. The second-order valence-corrected chi connectivity index (χ2v) is 5.76. The molecule has 23 heavy (non-hydrogen) atoms. The van der Waals surface area contributed by atoms with E-state index in [2.05, 4.69) is 6.92 Å². The van der Waals surface area contributed by atoms with Crippen LogP contribution in [0.15, 0.2) is 18.2 Å².